The Morgan fingerprint density at radius 3 is 2.74 bits per heavy atom. The number of carbonyl (C=O) groups excluding carboxylic acids is 1. The molecule has 1 N–H and O–H groups in total. The van der Waals surface area contributed by atoms with Gasteiger partial charge in [-0.25, -0.2) is 0 Å². The van der Waals surface area contributed by atoms with E-state index in [0.717, 1.165) is 12.8 Å². The smallest absolute Gasteiger partial charge is 0.282 e. The summed E-state index contributed by atoms with van der Waals surface area (Å²) in [5, 5.41) is 20.2. The second-order valence-corrected chi connectivity index (χ2v) is 4.81. The quantitative estimate of drug-likeness (QED) is 0.660. The average Bonchev–Trinajstić information content (AvgIpc) is 3.19. The topological polar surface area (TPSA) is 83.7 Å². The molecule has 0 unspecified atom stereocenters. The zero-order valence-electron chi connectivity index (χ0n) is 10.1. The Hall–Kier alpha value is -1.66. The van der Waals surface area contributed by atoms with Crippen molar-refractivity contribution < 1.29 is 14.8 Å². The lowest BCUT2D eigenvalue weighted by molar-refractivity contribution is -0.385. The zero-order chi connectivity index (χ0) is 14.0. The zero-order valence-corrected chi connectivity index (χ0v) is 10.8. The molecule has 1 amide bonds. The number of aliphatic hydroxyl groups is 1. The highest BCUT2D eigenvalue weighted by Crippen LogP contribution is 2.31. The van der Waals surface area contributed by atoms with E-state index in [1.807, 2.05) is 0 Å². The van der Waals surface area contributed by atoms with Gasteiger partial charge in [-0.1, -0.05) is 11.6 Å². The Kier molecular flexibility index (Phi) is 4.01. The van der Waals surface area contributed by atoms with Crippen LogP contribution in [0.5, 0.6) is 0 Å². The van der Waals surface area contributed by atoms with E-state index >= 15 is 0 Å². The van der Waals surface area contributed by atoms with Crippen LogP contribution < -0.4 is 0 Å². The molecule has 19 heavy (non-hydrogen) atoms. The molecule has 1 aliphatic rings. The molecule has 0 aromatic heterocycles. The molecule has 1 aromatic carbocycles. The first kappa shape index (κ1) is 13.8. The predicted molar refractivity (Wildman–Crippen MR) is 69.3 cm³/mol. The number of carbonyl (C=O) groups is 1. The third kappa shape index (κ3) is 3.02. The standard InChI is InChI=1S/C12H13ClN2O4/c13-8-1-4-11(15(18)19)10(7-8)12(17)14(5-6-16)9-2-3-9/h1,4,7,9,16H,2-3,5-6H2. The van der Waals surface area contributed by atoms with E-state index < -0.39 is 10.8 Å². The number of halogens is 1. The number of rotatable bonds is 5. The molecule has 0 saturated heterocycles. The maximum atomic E-state index is 12.3. The van der Waals surface area contributed by atoms with Crippen LogP contribution in [0.1, 0.15) is 23.2 Å². The number of amides is 1. The van der Waals surface area contributed by atoms with Crippen LogP contribution >= 0.6 is 11.6 Å². The number of nitro benzene ring substituents is 1. The van der Waals surface area contributed by atoms with Gasteiger partial charge in [0.1, 0.15) is 5.56 Å². The van der Waals surface area contributed by atoms with E-state index in [4.69, 9.17) is 16.7 Å². The van der Waals surface area contributed by atoms with Crippen molar-refractivity contribution in [2.75, 3.05) is 13.2 Å². The summed E-state index contributed by atoms with van der Waals surface area (Å²) in [5.41, 5.74) is -0.296. The van der Waals surface area contributed by atoms with Crippen molar-refractivity contribution in [3.63, 3.8) is 0 Å². The van der Waals surface area contributed by atoms with Gasteiger partial charge in [-0.05, 0) is 25.0 Å². The summed E-state index contributed by atoms with van der Waals surface area (Å²) in [7, 11) is 0. The number of benzene rings is 1. The van der Waals surface area contributed by atoms with E-state index in [-0.39, 0.29) is 35.5 Å². The van der Waals surface area contributed by atoms with E-state index in [1.54, 1.807) is 0 Å². The second kappa shape index (κ2) is 5.54. The summed E-state index contributed by atoms with van der Waals surface area (Å²) < 4.78 is 0. The van der Waals surface area contributed by atoms with Crippen LogP contribution in [-0.2, 0) is 0 Å². The first-order valence-corrected chi connectivity index (χ1v) is 6.28. The minimum absolute atomic E-state index is 0.0298. The van der Waals surface area contributed by atoms with Crippen molar-refractivity contribution in [1.29, 1.82) is 0 Å². The van der Waals surface area contributed by atoms with Crippen molar-refractivity contribution in [3.05, 3.63) is 38.9 Å². The van der Waals surface area contributed by atoms with Crippen LogP contribution in [0.4, 0.5) is 5.69 Å². The van der Waals surface area contributed by atoms with Crippen LogP contribution in [0.3, 0.4) is 0 Å². The molecule has 0 atom stereocenters. The fraction of sp³-hybridized carbons (Fsp3) is 0.417. The van der Waals surface area contributed by atoms with Gasteiger partial charge in [-0.15, -0.1) is 0 Å². The van der Waals surface area contributed by atoms with E-state index in [9.17, 15) is 14.9 Å². The van der Waals surface area contributed by atoms with Gasteiger partial charge in [0.2, 0.25) is 0 Å². The summed E-state index contributed by atoms with van der Waals surface area (Å²) in [6, 6.07) is 3.97. The van der Waals surface area contributed by atoms with E-state index in [0.29, 0.717) is 0 Å². The maximum absolute atomic E-state index is 12.3. The summed E-state index contributed by atoms with van der Waals surface area (Å²) in [4.78, 5) is 24.2. The second-order valence-electron chi connectivity index (χ2n) is 4.37. The minimum atomic E-state index is -0.604. The van der Waals surface area contributed by atoms with Crippen molar-refractivity contribution in [1.82, 2.24) is 4.90 Å². The molecule has 0 spiro atoms. The highest BCUT2D eigenvalue weighted by atomic mass is 35.5. The first-order chi connectivity index (χ1) is 9.04. The van der Waals surface area contributed by atoms with Crippen molar-refractivity contribution in [2.45, 2.75) is 18.9 Å². The molecule has 1 aliphatic carbocycles. The Morgan fingerprint density at radius 2 is 2.21 bits per heavy atom. The highest BCUT2D eigenvalue weighted by Gasteiger charge is 2.35. The summed E-state index contributed by atoms with van der Waals surface area (Å²) >= 11 is 5.80. The highest BCUT2D eigenvalue weighted by molar-refractivity contribution is 6.31. The van der Waals surface area contributed by atoms with Crippen molar-refractivity contribution in [2.24, 2.45) is 0 Å². The molecule has 7 heteroatoms. The average molecular weight is 285 g/mol. The fourth-order valence-electron chi connectivity index (χ4n) is 1.94. The summed E-state index contributed by atoms with van der Waals surface area (Å²) in [6.45, 7) is 0.00374. The molecule has 0 heterocycles. The number of aliphatic hydroxyl groups excluding tert-OH is 1. The molecule has 1 aromatic rings. The Bertz CT molecular complexity index is 516. The Morgan fingerprint density at radius 1 is 1.53 bits per heavy atom. The SMILES string of the molecule is O=C(c1cc(Cl)ccc1[N+](=O)[O-])N(CCO)C1CC1. The van der Waals surface area contributed by atoms with E-state index in [1.165, 1.54) is 23.1 Å². The monoisotopic (exact) mass is 284 g/mol. The van der Waals surface area contributed by atoms with Gasteiger partial charge >= 0.3 is 0 Å². The lowest BCUT2D eigenvalue weighted by Crippen LogP contribution is -2.35. The normalized spacial score (nSPS) is 14.2. The summed E-state index contributed by atoms with van der Waals surface area (Å²) in [6.07, 6.45) is 1.72. The van der Waals surface area contributed by atoms with Gasteiger partial charge in [0.05, 0.1) is 11.5 Å². The molecule has 6 nitrogen and oxygen atoms in total. The van der Waals surface area contributed by atoms with Crippen molar-refractivity contribution in [3.8, 4) is 0 Å². The number of nitro groups is 1. The third-order valence-electron chi connectivity index (χ3n) is 2.98. The maximum Gasteiger partial charge on any atom is 0.282 e. The number of hydrogen-bond donors (Lipinski definition) is 1. The van der Waals surface area contributed by atoms with Gasteiger partial charge in [0.25, 0.3) is 11.6 Å². The third-order valence-corrected chi connectivity index (χ3v) is 3.21. The number of nitrogens with zero attached hydrogens (tertiary/aromatic N) is 2. The molecule has 102 valence electrons. The molecule has 0 aliphatic heterocycles. The van der Waals surface area contributed by atoms with Crippen LogP contribution in [0.15, 0.2) is 18.2 Å². The molecular formula is C12H13ClN2O4. The van der Waals surface area contributed by atoms with Crippen LogP contribution in [0.25, 0.3) is 0 Å². The molecule has 1 fully saturated rings. The Labute approximate surface area is 114 Å². The van der Waals surface area contributed by atoms with E-state index in [2.05, 4.69) is 0 Å². The van der Waals surface area contributed by atoms with Gasteiger partial charge in [-0.2, -0.15) is 0 Å². The lowest BCUT2D eigenvalue weighted by Gasteiger charge is -2.21. The molecule has 1 saturated carbocycles. The van der Waals surface area contributed by atoms with Crippen molar-refractivity contribution >= 4 is 23.2 Å². The molecular weight excluding hydrogens is 272 g/mol. The predicted octanol–water partition coefficient (Wildman–Crippen LogP) is 1.85. The number of hydrogen-bond acceptors (Lipinski definition) is 4. The van der Waals surface area contributed by atoms with Crippen LogP contribution in [0.2, 0.25) is 5.02 Å². The minimum Gasteiger partial charge on any atom is -0.395 e. The Balaban J connectivity index is 2.35. The summed E-state index contributed by atoms with van der Waals surface area (Å²) in [5.74, 6) is -0.453. The molecule has 0 radical (unpaired) electrons. The van der Waals surface area contributed by atoms with Gasteiger partial charge in [-0.3, -0.25) is 14.9 Å². The van der Waals surface area contributed by atoms with Crippen LogP contribution in [-0.4, -0.2) is 40.0 Å². The van der Waals surface area contributed by atoms with Gasteiger partial charge in [0.15, 0.2) is 0 Å². The van der Waals surface area contributed by atoms with Gasteiger partial charge < -0.3 is 10.0 Å². The molecule has 2 rings (SSSR count). The lowest BCUT2D eigenvalue weighted by atomic mass is 10.1. The fourth-order valence-corrected chi connectivity index (χ4v) is 2.11. The first-order valence-electron chi connectivity index (χ1n) is 5.90. The van der Waals surface area contributed by atoms with Gasteiger partial charge in [0, 0.05) is 23.7 Å². The van der Waals surface area contributed by atoms with Crippen LogP contribution in [0, 0.1) is 10.1 Å². The molecule has 0 bridgehead atoms. The largest absolute Gasteiger partial charge is 0.395 e.